The Morgan fingerprint density at radius 3 is 3.07 bits per heavy atom. The maximum atomic E-state index is 11.4. The summed E-state index contributed by atoms with van der Waals surface area (Å²) in [5, 5.41) is 4.02. The van der Waals surface area contributed by atoms with Gasteiger partial charge in [0.1, 0.15) is 0 Å². The van der Waals surface area contributed by atoms with Gasteiger partial charge in [-0.05, 0) is 6.07 Å². The van der Waals surface area contributed by atoms with E-state index in [-0.39, 0.29) is 5.78 Å². The molecule has 0 bridgehead atoms. The van der Waals surface area contributed by atoms with Crippen LogP contribution in [0.1, 0.15) is 23.0 Å². The first kappa shape index (κ1) is 10.8. The first-order chi connectivity index (χ1) is 6.69. The molecule has 3 nitrogen and oxygen atoms in total. The van der Waals surface area contributed by atoms with E-state index in [0.29, 0.717) is 23.5 Å². The van der Waals surface area contributed by atoms with E-state index in [1.165, 1.54) is 11.3 Å². The Morgan fingerprint density at radius 1 is 1.79 bits per heavy atom. The number of carbonyl (C=O) groups excluding carboxylic acids is 1. The highest BCUT2D eigenvalue weighted by Gasteiger charge is 2.11. The Bertz CT molecular complexity index is 344. The second-order valence-corrected chi connectivity index (χ2v) is 3.89. The number of hydrogen-bond acceptors (Lipinski definition) is 4. The Labute approximate surface area is 87.6 Å². The van der Waals surface area contributed by atoms with Crippen LogP contribution in [0.5, 0.6) is 0 Å². The number of anilines is 2. The van der Waals surface area contributed by atoms with Crippen LogP contribution >= 0.6 is 11.3 Å². The largest absolute Gasteiger partial charge is 0.397 e. The second kappa shape index (κ2) is 4.81. The number of Topliss-reactive ketones (excluding diaryl/α,β-unsaturated/α-hetero) is 1. The van der Waals surface area contributed by atoms with Crippen molar-refractivity contribution in [1.82, 2.24) is 0 Å². The monoisotopic (exact) mass is 210 g/mol. The number of ketones is 1. The van der Waals surface area contributed by atoms with Gasteiger partial charge in [0.2, 0.25) is 0 Å². The van der Waals surface area contributed by atoms with Crippen LogP contribution in [0.15, 0.2) is 18.7 Å². The minimum Gasteiger partial charge on any atom is -0.397 e. The normalized spacial score (nSPS) is 9.79. The molecule has 0 aromatic carbocycles. The zero-order chi connectivity index (χ0) is 10.6. The number of rotatable bonds is 5. The summed E-state index contributed by atoms with van der Waals surface area (Å²) < 4.78 is 0. The van der Waals surface area contributed by atoms with Crippen LogP contribution in [-0.4, -0.2) is 12.3 Å². The molecule has 0 atom stereocenters. The first-order valence-corrected chi connectivity index (χ1v) is 5.28. The van der Waals surface area contributed by atoms with E-state index in [0.717, 1.165) is 5.00 Å². The van der Waals surface area contributed by atoms with E-state index < -0.39 is 0 Å². The highest BCUT2D eigenvalue weighted by atomic mass is 32.1. The third kappa shape index (κ3) is 2.35. The molecule has 0 saturated heterocycles. The fourth-order valence-electron chi connectivity index (χ4n) is 1.04. The van der Waals surface area contributed by atoms with Crippen molar-refractivity contribution in [1.29, 1.82) is 0 Å². The van der Waals surface area contributed by atoms with Crippen LogP contribution in [0.25, 0.3) is 0 Å². The summed E-state index contributed by atoms with van der Waals surface area (Å²) >= 11 is 1.40. The predicted molar refractivity (Wildman–Crippen MR) is 62.0 cm³/mol. The van der Waals surface area contributed by atoms with Gasteiger partial charge in [-0.3, -0.25) is 4.79 Å². The van der Waals surface area contributed by atoms with Gasteiger partial charge in [0.25, 0.3) is 0 Å². The number of nitrogens with two attached hydrogens (primary N) is 1. The molecule has 4 heteroatoms. The van der Waals surface area contributed by atoms with Gasteiger partial charge in [0, 0.05) is 13.0 Å². The van der Waals surface area contributed by atoms with E-state index in [4.69, 9.17) is 5.73 Å². The van der Waals surface area contributed by atoms with Gasteiger partial charge >= 0.3 is 0 Å². The quantitative estimate of drug-likeness (QED) is 0.580. The van der Waals surface area contributed by atoms with Crippen molar-refractivity contribution in [2.24, 2.45) is 0 Å². The number of thiophene rings is 1. The summed E-state index contributed by atoms with van der Waals surface area (Å²) in [5.41, 5.74) is 6.28. The van der Waals surface area contributed by atoms with Crippen LogP contribution in [0, 0.1) is 0 Å². The highest BCUT2D eigenvalue weighted by Crippen LogP contribution is 2.29. The number of nitrogens with one attached hydrogen (secondary N) is 1. The molecule has 14 heavy (non-hydrogen) atoms. The van der Waals surface area contributed by atoms with Crippen molar-refractivity contribution in [3.8, 4) is 0 Å². The Hall–Kier alpha value is -1.29. The molecule has 1 heterocycles. The van der Waals surface area contributed by atoms with Crippen molar-refractivity contribution >= 4 is 27.8 Å². The van der Waals surface area contributed by atoms with E-state index in [2.05, 4.69) is 11.9 Å². The summed E-state index contributed by atoms with van der Waals surface area (Å²) in [4.78, 5) is 12.1. The molecule has 1 aromatic heterocycles. The van der Waals surface area contributed by atoms with Crippen LogP contribution in [0.2, 0.25) is 0 Å². The maximum Gasteiger partial charge on any atom is 0.174 e. The predicted octanol–water partition coefficient (Wildman–Crippen LogP) is 2.52. The third-order valence-electron chi connectivity index (χ3n) is 1.76. The topological polar surface area (TPSA) is 55.1 Å². The molecule has 0 aliphatic carbocycles. The maximum absolute atomic E-state index is 11.4. The van der Waals surface area contributed by atoms with Crippen molar-refractivity contribution in [2.75, 3.05) is 17.6 Å². The zero-order valence-corrected chi connectivity index (χ0v) is 8.99. The summed E-state index contributed by atoms with van der Waals surface area (Å²) in [5.74, 6) is 0.0964. The zero-order valence-electron chi connectivity index (χ0n) is 8.17. The Morgan fingerprint density at radius 2 is 2.50 bits per heavy atom. The van der Waals surface area contributed by atoms with Gasteiger partial charge in [-0.15, -0.1) is 17.9 Å². The van der Waals surface area contributed by atoms with Crippen LogP contribution < -0.4 is 11.1 Å². The fraction of sp³-hybridized carbons (Fsp3) is 0.300. The molecule has 1 rings (SSSR count). The summed E-state index contributed by atoms with van der Waals surface area (Å²) in [6.45, 7) is 6.11. The fourth-order valence-corrected chi connectivity index (χ4v) is 2.04. The Kier molecular flexibility index (Phi) is 3.71. The highest BCUT2D eigenvalue weighted by molar-refractivity contribution is 7.18. The van der Waals surface area contributed by atoms with Crippen LogP contribution in [0.4, 0.5) is 10.7 Å². The SMILES string of the molecule is C=CCNc1cc(N)c(C(=O)CC)s1. The smallest absolute Gasteiger partial charge is 0.174 e. The lowest BCUT2D eigenvalue weighted by molar-refractivity contribution is 0.0993. The van der Waals surface area contributed by atoms with Gasteiger partial charge in [0.15, 0.2) is 5.78 Å². The van der Waals surface area contributed by atoms with Gasteiger partial charge in [-0.25, -0.2) is 0 Å². The van der Waals surface area contributed by atoms with Crippen molar-refractivity contribution in [2.45, 2.75) is 13.3 Å². The second-order valence-electron chi connectivity index (χ2n) is 2.84. The van der Waals surface area contributed by atoms with Gasteiger partial charge in [0.05, 0.1) is 15.6 Å². The molecule has 76 valence electrons. The summed E-state index contributed by atoms with van der Waals surface area (Å²) in [7, 11) is 0. The molecule has 0 aliphatic rings. The lowest BCUT2D eigenvalue weighted by Crippen LogP contribution is -1.96. The van der Waals surface area contributed by atoms with Crippen LogP contribution in [0.3, 0.4) is 0 Å². The molecule has 3 N–H and O–H groups in total. The Balaban J connectivity index is 2.81. The average Bonchev–Trinajstić information content (AvgIpc) is 2.55. The van der Waals surface area contributed by atoms with E-state index in [1.54, 1.807) is 12.1 Å². The molecule has 0 unspecified atom stereocenters. The lowest BCUT2D eigenvalue weighted by atomic mass is 10.2. The van der Waals surface area contributed by atoms with Crippen molar-refractivity contribution < 1.29 is 4.79 Å². The molecule has 0 amide bonds. The van der Waals surface area contributed by atoms with Crippen molar-refractivity contribution in [3.05, 3.63) is 23.6 Å². The molecular weight excluding hydrogens is 196 g/mol. The van der Waals surface area contributed by atoms with Crippen LogP contribution in [-0.2, 0) is 0 Å². The molecular formula is C10H14N2OS. The number of hydrogen-bond donors (Lipinski definition) is 2. The van der Waals surface area contributed by atoms with E-state index >= 15 is 0 Å². The van der Waals surface area contributed by atoms with Gasteiger partial charge < -0.3 is 11.1 Å². The average molecular weight is 210 g/mol. The van der Waals surface area contributed by atoms with E-state index in [1.807, 2.05) is 6.92 Å². The van der Waals surface area contributed by atoms with Gasteiger partial charge in [-0.1, -0.05) is 13.0 Å². The lowest BCUT2D eigenvalue weighted by Gasteiger charge is -1.95. The third-order valence-corrected chi connectivity index (χ3v) is 2.91. The number of nitrogen functional groups attached to an aromatic ring is 1. The minimum atomic E-state index is 0.0964. The van der Waals surface area contributed by atoms with Gasteiger partial charge in [-0.2, -0.15) is 0 Å². The summed E-state index contributed by atoms with van der Waals surface area (Å²) in [6, 6.07) is 1.79. The molecule has 0 radical (unpaired) electrons. The summed E-state index contributed by atoms with van der Waals surface area (Å²) in [6.07, 6.45) is 2.25. The molecule has 0 fully saturated rings. The number of carbonyl (C=O) groups is 1. The first-order valence-electron chi connectivity index (χ1n) is 4.46. The molecule has 0 spiro atoms. The van der Waals surface area contributed by atoms with Crippen molar-refractivity contribution in [3.63, 3.8) is 0 Å². The standard InChI is InChI=1S/C10H14N2OS/c1-3-5-12-9-6-7(11)10(14-9)8(13)4-2/h3,6,12H,1,4-5,11H2,2H3. The molecule has 0 saturated carbocycles. The molecule has 1 aromatic rings. The van der Waals surface area contributed by atoms with E-state index in [9.17, 15) is 4.79 Å². The minimum absolute atomic E-state index is 0.0964. The molecule has 0 aliphatic heterocycles.